The fourth-order valence-electron chi connectivity index (χ4n) is 1.80. The molecule has 3 unspecified atom stereocenters. The minimum atomic E-state index is -1.43. The lowest BCUT2D eigenvalue weighted by Crippen LogP contribution is -2.45. The first-order chi connectivity index (χ1) is 9.21. The summed E-state index contributed by atoms with van der Waals surface area (Å²) in [6.45, 7) is 10.3. The van der Waals surface area contributed by atoms with Crippen LogP contribution in [-0.4, -0.2) is 40.8 Å². The van der Waals surface area contributed by atoms with E-state index in [2.05, 4.69) is 0 Å². The Morgan fingerprint density at radius 1 is 1.05 bits per heavy atom. The quantitative estimate of drug-likeness (QED) is 0.659. The Kier molecular flexibility index (Phi) is 7.98. The third-order valence-electron chi connectivity index (χ3n) is 3.63. The molecule has 0 fully saturated rings. The summed E-state index contributed by atoms with van der Waals surface area (Å²) in [6.07, 6.45) is -0.372. The Bertz CT molecular complexity index is 322. The van der Waals surface area contributed by atoms with Gasteiger partial charge in [-0.25, -0.2) is 4.79 Å². The smallest absolute Gasteiger partial charge is 0.335 e. The van der Waals surface area contributed by atoms with Crippen LogP contribution in [0.15, 0.2) is 0 Å². The van der Waals surface area contributed by atoms with Gasteiger partial charge in [-0.2, -0.15) is 0 Å². The van der Waals surface area contributed by atoms with E-state index in [4.69, 9.17) is 9.47 Å². The largest absolute Gasteiger partial charge is 0.453 e. The standard InChI is InChI=1S/C15H28O5/c1-7-10(4)19-12(6)14(17)20-11(5)13(16)15(18,8-2)9-3/h10-12,18H,7-9H2,1-6H3. The van der Waals surface area contributed by atoms with Crippen molar-refractivity contribution in [1.29, 1.82) is 0 Å². The van der Waals surface area contributed by atoms with Crippen molar-refractivity contribution in [3.8, 4) is 0 Å². The number of aliphatic hydroxyl groups is 1. The summed E-state index contributed by atoms with van der Waals surface area (Å²) in [6, 6.07) is 0. The van der Waals surface area contributed by atoms with Gasteiger partial charge in [0.05, 0.1) is 6.10 Å². The van der Waals surface area contributed by atoms with E-state index in [0.29, 0.717) is 12.8 Å². The van der Waals surface area contributed by atoms with Crippen molar-refractivity contribution in [2.75, 3.05) is 0 Å². The Labute approximate surface area is 121 Å². The first kappa shape index (κ1) is 19.1. The van der Waals surface area contributed by atoms with E-state index in [1.807, 2.05) is 13.8 Å². The number of carbonyl (C=O) groups is 2. The average molecular weight is 288 g/mol. The zero-order valence-corrected chi connectivity index (χ0v) is 13.4. The number of Topliss-reactive ketones (excluding diaryl/α,β-unsaturated/α-hetero) is 1. The molecule has 0 aromatic heterocycles. The lowest BCUT2D eigenvalue weighted by molar-refractivity contribution is -0.171. The van der Waals surface area contributed by atoms with E-state index in [9.17, 15) is 14.7 Å². The average Bonchev–Trinajstić information content (AvgIpc) is 2.44. The molecule has 5 heteroatoms. The van der Waals surface area contributed by atoms with E-state index in [-0.39, 0.29) is 6.10 Å². The molecule has 5 nitrogen and oxygen atoms in total. The summed E-state index contributed by atoms with van der Waals surface area (Å²) in [7, 11) is 0. The molecule has 0 amide bonds. The van der Waals surface area contributed by atoms with Gasteiger partial charge in [0.2, 0.25) is 5.78 Å². The number of ketones is 1. The molecule has 0 aliphatic rings. The van der Waals surface area contributed by atoms with E-state index >= 15 is 0 Å². The molecular formula is C15H28O5. The number of hydrogen-bond donors (Lipinski definition) is 1. The van der Waals surface area contributed by atoms with E-state index < -0.39 is 29.6 Å². The second-order valence-corrected chi connectivity index (χ2v) is 5.18. The maximum Gasteiger partial charge on any atom is 0.335 e. The Hall–Kier alpha value is -0.940. The van der Waals surface area contributed by atoms with Crippen LogP contribution in [0.1, 0.15) is 60.8 Å². The molecule has 0 rings (SSSR count). The van der Waals surface area contributed by atoms with Gasteiger partial charge in [-0.15, -0.1) is 0 Å². The first-order valence-electron chi connectivity index (χ1n) is 7.34. The number of ether oxygens (including phenoxy) is 2. The van der Waals surface area contributed by atoms with Crippen molar-refractivity contribution in [3.63, 3.8) is 0 Å². The molecule has 0 aromatic rings. The van der Waals surface area contributed by atoms with Gasteiger partial charge in [-0.1, -0.05) is 20.8 Å². The summed E-state index contributed by atoms with van der Waals surface area (Å²) in [5.74, 6) is -1.05. The summed E-state index contributed by atoms with van der Waals surface area (Å²) in [5.41, 5.74) is -1.43. The molecule has 0 saturated heterocycles. The van der Waals surface area contributed by atoms with Crippen molar-refractivity contribution in [2.24, 2.45) is 0 Å². The van der Waals surface area contributed by atoms with Gasteiger partial charge in [0, 0.05) is 0 Å². The third-order valence-corrected chi connectivity index (χ3v) is 3.63. The predicted octanol–water partition coefficient (Wildman–Crippen LogP) is 2.24. The molecule has 0 heterocycles. The molecule has 1 N–H and O–H groups in total. The van der Waals surface area contributed by atoms with Crippen molar-refractivity contribution >= 4 is 11.8 Å². The normalized spacial score (nSPS) is 16.4. The van der Waals surface area contributed by atoms with Crippen LogP contribution in [0.25, 0.3) is 0 Å². The monoisotopic (exact) mass is 288 g/mol. The summed E-state index contributed by atoms with van der Waals surface area (Å²) >= 11 is 0. The third kappa shape index (κ3) is 5.21. The number of rotatable bonds is 9. The zero-order valence-electron chi connectivity index (χ0n) is 13.4. The molecule has 0 aliphatic carbocycles. The second-order valence-electron chi connectivity index (χ2n) is 5.18. The lowest BCUT2D eigenvalue weighted by Gasteiger charge is -2.27. The van der Waals surface area contributed by atoms with Crippen LogP contribution < -0.4 is 0 Å². The molecule has 0 aliphatic heterocycles. The second kappa shape index (κ2) is 8.37. The first-order valence-corrected chi connectivity index (χ1v) is 7.34. The van der Waals surface area contributed by atoms with Gasteiger partial charge < -0.3 is 14.6 Å². The van der Waals surface area contributed by atoms with Crippen molar-refractivity contribution < 1.29 is 24.2 Å². The highest BCUT2D eigenvalue weighted by Gasteiger charge is 2.37. The Balaban J connectivity index is 4.56. The SMILES string of the molecule is CCC(C)OC(C)C(=O)OC(C)C(=O)C(O)(CC)CC. The zero-order chi connectivity index (χ0) is 15.9. The lowest BCUT2D eigenvalue weighted by atomic mass is 9.89. The minimum absolute atomic E-state index is 0.0493. The molecular weight excluding hydrogens is 260 g/mol. The highest BCUT2D eigenvalue weighted by molar-refractivity contribution is 5.92. The molecule has 3 atom stereocenters. The topological polar surface area (TPSA) is 72.8 Å². The molecule has 0 radical (unpaired) electrons. The highest BCUT2D eigenvalue weighted by atomic mass is 16.6. The molecule has 0 saturated carbocycles. The minimum Gasteiger partial charge on any atom is -0.453 e. The van der Waals surface area contributed by atoms with Crippen molar-refractivity contribution in [3.05, 3.63) is 0 Å². The van der Waals surface area contributed by atoms with Crippen LogP contribution in [0.5, 0.6) is 0 Å². The maximum absolute atomic E-state index is 12.1. The maximum atomic E-state index is 12.1. The number of carbonyl (C=O) groups excluding carboxylic acids is 2. The fourth-order valence-corrected chi connectivity index (χ4v) is 1.80. The van der Waals surface area contributed by atoms with Gasteiger partial charge in [0.1, 0.15) is 5.60 Å². The summed E-state index contributed by atoms with van der Waals surface area (Å²) in [4.78, 5) is 23.9. The van der Waals surface area contributed by atoms with Crippen LogP contribution in [0.4, 0.5) is 0 Å². The van der Waals surface area contributed by atoms with Crippen LogP contribution in [0.2, 0.25) is 0 Å². The summed E-state index contributed by atoms with van der Waals surface area (Å²) < 4.78 is 10.5. The van der Waals surface area contributed by atoms with Crippen LogP contribution in [-0.2, 0) is 19.1 Å². The molecule has 118 valence electrons. The molecule has 0 spiro atoms. The summed E-state index contributed by atoms with van der Waals surface area (Å²) in [5, 5.41) is 10.1. The van der Waals surface area contributed by atoms with Crippen LogP contribution in [0.3, 0.4) is 0 Å². The van der Waals surface area contributed by atoms with Crippen molar-refractivity contribution in [1.82, 2.24) is 0 Å². The van der Waals surface area contributed by atoms with Crippen molar-refractivity contribution in [2.45, 2.75) is 84.7 Å². The van der Waals surface area contributed by atoms with Gasteiger partial charge >= 0.3 is 5.97 Å². The fraction of sp³-hybridized carbons (Fsp3) is 0.867. The van der Waals surface area contributed by atoms with Gasteiger partial charge in [0.25, 0.3) is 0 Å². The van der Waals surface area contributed by atoms with E-state index in [0.717, 1.165) is 6.42 Å². The van der Waals surface area contributed by atoms with Gasteiger partial charge in [-0.3, -0.25) is 4.79 Å². The van der Waals surface area contributed by atoms with E-state index in [1.165, 1.54) is 6.92 Å². The molecule has 20 heavy (non-hydrogen) atoms. The van der Waals surface area contributed by atoms with Crippen LogP contribution >= 0.6 is 0 Å². The molecule has 0 aromatic carbocycles. The van der Waals surface area contributed by atoms with Crippen LogP contribution in [0, 0.1) is 0 Å². The molecule has 0 bridgehead atoms. The Morgan fingerprint density at radius 2 is 1.55 bits per heavy atom. The van der Waals surface area contributed by atoms with Gasteiger partial charge in [0.15, 0.2) is 12.2 Å². The number of hydrogen-bond acceptors (Lipinski definition) is 5. The number of esters is 1. The Morgan fingerprint density at radius 3 is 1.95 bits per heavy atom. The highest BCUT2D eigenvalue weighted by Crippen LogP contribution is 2.19. The predicted molar refractivity (Wildman–Crippen MR) is 76.4 cm³/mol. The van der Waals surface area contributed by atoms with Gasteiger partial charge in [-0.05, 0) is 40.0 Å². The van der Waals surface area contributed by atoms with E-state index in [1.54, 1.807) is 20.8 Å².